The van der Waals surface area contributed by atoms with Crippen LogP contribution < -0.4 is 42.5 Å². The summed E-state index contributed by atoms with van der Waals surface area (Å²) in [6.07, 6.45) is 26.3. The summed E-state index contributed by atoms with van der Waals surface area (Å²) in [6, 6.07) is 15.4. The summed E-state index contributed by atoms with van der Waals surface area (Å²) in [5.74, 6) is 5.84. The molecule has 0 aromatic carbocycles. The standard InChI is InChI=1S/C32H55N8.4C4H3S.Cu/c1-2-10-18-17(9-1)25-33-26(18)38-28-21-13-5-6-14-22(21)30(35-28)40-32-24-16-8-7-15-23(24)31(36-32)39-29-20-12-4-3-11-19(20)27(34-29)37-25;4*1-2-4-5-3-1;/h1,17-40H,2-16H2;4*1-3H;/q5*-1;. The van der Waals surface area contributed by atoms with Crippen molar-refractivity contribution in [3.63, 3.8) is 0 Å². The van der Waals surface area contributed by atoms with Gasteiger partial charge in [0.05, 0.1) is 49.3 Å². The average molecular weight is 948 g/mol. The van der Waals surface area contributed by atoms with Gasteiger partial charge in [-0.15, -0.1) is 21.5 Å². The van der Waals surface area contributed by atoms with Crippen LogP contribution in [0.15, 0.2) is 70.1 Å². The third-order valence-electron chi connectivity index (χ3n) is 15.1. The SMILES string of the molecule is [CH-]1CCC2C3NC(NC4NC(NC5NC(NC6NC(N3)C3CCCCC63)C3CCCCC53)C3CCCCC43)C2C1.[Cu].[c-]1cccs1.[c-]1cccs1.[c-]1cccs1.[c-]1cccs1. The van der Waals surface area contributed by atoms with Crippen LogP contribution in [0.25, 0.3) is 0 Å². The molecule has 4 aromatic heterocycles. The Morgan fingerprint density at radius 2 is 0.590 bits per heavy atom. The zero-order valence-corrected chi connectivity index (χ0v) is 39.5. The minimum atomic E-state index is 0. The van der Waals surface area contributed by atoms with Crippen molar-refractivity contribution >= 4 is 45.3 Å². The van der Waals surface area contributed by atoms with Crippen molar-refractivity contribution in [3.8, 4) is 0 Å². The second-order valence-electron chi connectivity index (χ2n) is 18.3. The number of hydrogen-bond donors (Lipinski definition) is 8. The first-order valence-corrected chi connectivity index (χ1v) is 26.8. The van der Waals surface area contributed by atoms with Gasteiger partial charge in [0.15, 0.2) is 0 Å². The molecule has 4 aromatic rings. The van der Waals surface area contributed by atoms with Gasteiger partial charge in [0.25, 0.3) is 0 Å². The van der Waals surface area contributed by atoms with Crippen molar-refractivity contribution in [2.45, 2.75) is 146 Å². The normalized spacial score (nSPS) is 40.4. The molecule has 5 saturated heterocycles. The van der Waals surface area contributed by atoms with Crippen LogP contribution in [0.3, 0.4) is 0 Å². The zero-order valence-electron chi connectivity index (χ0n) is 35.3. The minimum Gasteiger partial charge on any atom is -0.328 e. The van der Waals surface area contributed by atoms with Crippen LogP contribution in [0, 0.1) is 75.3 Å². The maximum atomic E-state index is 4.26. The van der Waals surface area contributed by atoms with Gasteiger partial charge in [-0.3, -0.25) is 42.5 Å². The van der Waals surface area contributed by atoms with Crippen molar-refractivity contribution < 1.29 is 17.1 Å². The molecule has 4 saturated carbocycles. The predicted octanol–water partition coefficient (Wildman–Crippen LogP) is 8.61. The molecular weight excluding hydrogens is 880 g/mol. The van der Waals surface area contributed by atoms with E-state index in [4.69, 9.17) is 0 Å². The van der Waals surface area contributed by atoms with E-state index >= 15 is 0 Å². The molecule has 8 nitrogen and oxygen atoms in total. The second-order valence-corrected chi connectivity index (χ2v) is 21.3. The van der Waals surface area contributed by atoms with E-state index in [0.29, 0.717) is 61.2 Å². The zero-order chi connectivity index (χ0) is 40.4. The van der Waals surface area contributed by atoms with E-state index in [1.807, 2.05) is 70.1 Å². The first-order chi connectivity index (χ1) is 29.8. The van der Waals surface area contributed by atoms with Crippen molar-refractivity contribution in [2.24, 2.45) is 47.3 Å². The van der Waals surface area contributed by atoms with Gasteiger partial charge in [0.1, 0.15) is 0 Å². The molecule has 4 aliphatic carbocycles. The van der Waals surface area contributed by atoms with Gasteiger partial charge in [-0.1, -0.05) is 44.9 Å². The van der Waals surface area contributed by atoms with Crippen molar-refractivity contribution in [1.29, 1.82) is 0 Å². The Kier molecular flexibility index (Phi) is 18.3. The van der Waals surface area contributed by atoms with Gasteiger partial charge < -0.3 is 51.8 Å². The van der Waals surface area contributed by atoms with E-state index < -0.39 is 0 Å². The molecule has 9 heterocycles. The maximum Gasteiger partial charge on any atom is 0.0628 e. The van der Waals surface area contributed by atoms with Crippen LogP contribution in [0.5, 0.6) is 0 Å². The monoisotopic (exact) mass is 946 g/mol. The summed E-state index contributed by atoms with van der Waals surface area (Å²) in [5, 5.41) is 53.3. The predicted molar refractivity (Wildman–Crippen MR) is 249 cm³/mol. The molecule has 8 bridgehead atoms. The van der Waals surface area contributed by atoms with E-state index in [1.165, 1.54) is 96.3 Å². The third-order valence-corrected chi connectivity index (χ3v) is 17.4. The molecule has 8 N–H and O–H groups in total. The molecule has 13 rings (SSSR count). The summed E-state index contributed by atoms with van der Waals surface area (Å²) in [5.41, 5.74) is 0. The van der Waals surface area contributed by atoms with Gasteiger partial charge in [-0.25, -0.2) is 24.3 Å². The van der Waals surface area contributed by atoms with Gasteiger partial charge in [-0.2, -0.15) is 58.6 Å². The van der Waals surface area contributed by atoms with Crippen molar-refractivity contribution in [2.75, 3.05) is 0 Å². The quantitative estimate of drug-likeness (QED) is 0.0657. The first kappa shape index (κ1) is 46.5. The molecule has 16 atom stereocenters. The first-order valence-electron chi connectivity index (χ1n) is 23.3. The number of hydrogen-bond acceptors (Lipinski definition) is 12. The summed E-state index contributed by atoms with van der Waals surface area (Å²) >= 11 is 6.35. The fourth-order valence-electron chi connectivity index (χ4n) is 12.6. The third kappa shape index (κ3) is 11.9. The topological polar surface area (TPSA) is 96.2 Å². The van der Waals surface area contributed by atoms with Crippen LogP contribution in [0.2, 0.25) is 0 Å². The van der Waals surface area contributed by atoms with Crippen LogP contribution in [-0.4, -0.2) is 49.3 Å². The molecule has 13 heteroatoms. The van der Waals surface area contributed by atoms with Gasteiger partial charge >= 0.3 is 0 Å². The van der Waals surface area contributed by atoms with Gasteiger partial charge in [-0.05, 0) is 85.9 Å². The van der Waals surface area contributed by atoms with Gasteiger partial charge in [0, 0.05) is 17.1 Å². The van der Waals surface area contributed by atoms with Gasteiger partial charge in [0.2, 0.25) is 0 Å². The van der Waals surface area contributed by atoms with Crippen LogP contribution in [-0.2, 0) is 17.1 Å². The minimum absolute atomic E-state index is 0. The van der Waals surface area contributed by atoms with E-state index in [-0.39, 0.29) is 17.1 Å². The van der Waals surface area contributed by atoms with Crippen LogP contribution >= 0.6 is 45.3 Å². The maximum absolute atomic E-state index is 4.26. The molecule has 0 spiro atoms. The van der Waals surface area contributed by atoms with E-state index in [0.717, 1.165) is 35.5 Å². The molecular formula is C48H67CuN8S4-5. The number of rotatable bonds is 0. The summed E-state index contributed by atoms with van der Waals surface area (Å²) in [6.45, 7) is 0. The van der Waals surface area contributed by atoms with E-state index in [1.54, 1.807) is 45.3 Å². The van der Waals surface area contributed by atoms with Crippen molar-refractivity contribution in [3.05, 3.63) is 98.0 Å². The summed E-state index contributed by atoms with van der Waals surface area (Å²) in [4.78, 5) is 0. The Morgan fingerprint density at radius 1 is 0.344 bits per heavy atom. The fourth-order valence-corrected chi connectivity index (χ4v) is 14.1. The molecule has 5 aliphatic heterocycles. The molecule has 339 valence electrons. The van der Waals surface area contributed by atoms with E-state index in [2.05, 4.69) is 70.5 Å². The largest absolute Gasteiger partial charge is 0.328 e. The Balaban J connectivity index is 0.000000200. The molecule has 61 heavy (non-hydrogen) atoms. The number of fused-ring (bicyclic) bond motifs is 20. The number of nitrogens with one attached hydrogen (secondary N) is 8. The Hall–Kier alpha value is -1.00. The smallest absolute Gasteiger partial charge is 0.0628 e. The Labute approximate surface area is 393 Å². The number of thiophene rings is 4. The molecule has 9 aliphatic rings. The summed E-state index contributed by atoms with van der Waals surface area (Å²) < 4.78 is 0. The molecule has 9 fully saturated rings. The van der Waals surface area contributed by atoms with Crippen LogP contribution in [0.4, 0.5) is 0 Å². The second kappa shape index (κ2) is 24.0. The van der Waals surface area contributed by atoms with E-state index in [9.17, 15) is 0 Å². The van der Waals surface area contributed by atoms with Crippen LogP contribution in [0.1, 0.15) is 96.3 Å². The molecule has 1 radical (unpaired) electrons. The fraction of sp³-hybridized carbons (Fsp3) is 0.646. The Morgan fingerprint density at radius 3 is 0.803 bits per heavy atom. The molecule has 0 amide bonds. The Bertz CT molecular complexity index is 1320. The molecule has 16 unspecified atom stereocenters. The summed E-state index contributed by atoms with van der Waals surface area (Å²) in [7, 11) is 0. The van der Waals surface area contributed by atoms with Crippen molar-refractivity contribution in [1.82, 2.24) is 42.5 Å². The average Bonchev–Trinajstić information content (AvgIpc) is 4.16.